The molecule has 0 unspecified atom stereocenters. The average Bonchev–Trinajstić information content (AvgIpc) is 3.33. The van der Waals surface area contributed by atoms with Crippen molar-refractivity contribution in [1.29, 1.82) is 0 Å². The van der Waals surface area contributed by atoms with Crippen LogP contribution in [0.15, 0.2) is 30.3 Å². The molecule has 2 aromatic rings. The molecule has 22 heavy (non-hydrogen) atoms. The van der Waals surface area contributed by atoms with Gasteiger partial charge in [0.25, 0.3) is 5.91 Å². The molecular weight excluding hydrogens is 280 g/mol. The summed E-state index contributed by atoms with van der Waals surface area (Å²) in [5, 5.41) is 11.2. The number of hydrogen-bond acceptors (Lipinski definition) is 4. The molecule has 0 spiro atoms. The Balaban J connectivity index is 1.90. The normalized spacial score (nSPS) is 15.6. The minimum absolute atomic E-state index is 0.106. The molecule has 5 nitrogen and oxygen atoms in total. The van der Waals surface area contributed by atoms with Gasteiger partial charge in [-0.25, -0.2) is 4.98 Å². The van der Waals surface area contributed by atoms with Gasteiger partial charge >= 0.3 is 0 Å². The number of methoxy groups -OCH3 is 1. The van der Waals surface area contributed by atoms with Crippen molar-refractivity contribution in [3.05, 3.63) is 36.0 Å². The molecule has 1 saturated carbocycles. The fraction of sp³-hybridized carbons (Fsp3) is 0.412. The lowest BCUT2D eigenvalue weighted by atomic mass is 10.1. The number of ether oxygens (including phenoxy) is 1. The molecule has 1 amide bonds. The van der Waals surface area contributed by atoms with Crippen LogP contribution >= 0.6 is 0 Å². The Hall–Kier alpha value is -2.14. The summed E-state index contributed by atoms with van der Waals surface area (Å²) in [5.74, 6) is 0.307. The average molecular weight is 300 g/mol. The van der Waals surface area contributed by atoms with Crippen LogP contribution in [0, 0.1) is 5.41 Å². The molecule has 1 aliphatic rings. The van der Waals surface area contributed by atoms with E-state index in [9.17, 15) is 9.90 Å². The maximum atomic E-state index is 12.6. The van der Waals surface area contributed by atoms with Gasteiger partial charge in [0.1, 0.15) is 5.69 Å². The van der Waals surface area contributed by atoms with Crippen LogP contribution in [0.3, 0.4) is 0 Å². The quantitative estimate of drug-likeness (QED) is 0.918. The minimum atomic E-state index is -0.149. The molecule has 3 rings (SSSR count). The molecule has 0 saturated heterocycles. The highest BCUT2D eigenvalue weighted by molar-refractivity contribution is 5.98. The number of rotatable bonds is 5. The number of benzene rings is 1. The summed E-state index contributed by atoms with van der Waals surface area (Å²) in [4.78, 5) is 18.6. The standard InChI is InChI=1S/C17H20N2O3/c1-19(10-17(11-20)7-8-17)16(21)14-9-12-5-3-4-6-13(12)15(18-14)22-2/h3-6,9,20H,7-8,10-11H2,1-2H3. The van der Waals surface area contributed by atoms with Crippen molar-refractivity contribution >= 4 is 16.7 Å². The molecule has 1 N–H and O–H groups in total. The first kappa shape index (κ1) is 14.8. The predicted octanol–water partition coefficient (Wildman–Crippen LogP) is 2.09. The number of hydrogen-bond donors (Lipinski definition) is 1. The lowest BCUT2D eigenvalue weighted by Crippen LogP contribution is -2.34. The van der Waals surface area contributed by atoms with Gasteiger partial charge < -0.3 is 14.7 Å². The van der Waals surface area contributed by atoms with E-state index in [0.717, 1.165) is 23.6 Å². The number of aliphatic hydroxyl groups is 1. The number of nitrogens with zero attached hydrogens (tertiary/aromatic N) is 2. The molecule has 0 aliphatic heterocycles. The number of carbonyl (C=O) groups excluding carboxylic acids is 1. The summed E-state index contributed by atoms with van der Waals surface area (Å²) in [5.41, 5.74) is 0.262. The number of aromatic nitrogens is 1. The Kier molecular flexibility index (Phi) is 3.74. The van der Waals surface area contributed by atoms with Crippen LogP contribution in [-0.2, 0) is 0 Å². The highest BCUT2D eigenvalue weighted by Crippen LogP contribution is 2.45. The van der Waals surface area contributed by atoms with Gasteiger partial charge in [-0.3, -0.25) is 4.79 Å². The Morgan fingerprint density at radius 2 is 2.14 bits per heavy atom. The molecule has 1 aliphatic carbocycles. The number of amides is 1. The van der Waals surface area contributed by atoms with Crippen molar-refractivity contribution in [3.63, 3.8) is 0 Å². The Morgan fingerprint density at radius 1 is 1.41 bits per heavy atom. The van der Waals surface area contributed by atoms with Crippen LogP contribution < -0.4 is 4.74 Å². The third-order valence-electron chi connectivity index (χ3n) is 4.33. The molecule has 1 heterocycles. The first-order valence-corrected chi connectivity index (χ1v) is 7.39. The van der Waals surface area contributed by atoms with Crippen molar-refractivity contribution in [1.82, 2.24) is 9.88 Å². The van der Waals surface area contributed by atoms with Gasteiger partial charge in [-0.15, -0.1) is 0 Å². The van der Waals surface area contributed by atoms with Crippen LogP contribution in [0.2, 0.25) is 0 Å². The molecular formula is C17H20N2O3. The van der Waals surface area contributed by atoms with Crippen LogP contribution in [0.4, 0.5) is 0 Å². The van der Waals surface area contributed by atoms with Crippen molar-refractivity contribution in [2.24, 2.45) is 5.41 Å². The van der Waals surface area contributed by atoms with Gasteiger partial charge in [0.2, 0.25) is 5.88 Å². The highest BCUT2D eigenvalue weighted by atomic mass is 16.5. The van der Waals surface area contributed by atoms with Gasteiger partial charge in [-0.1, -0.05) is 18.2 Å². The van der Waals surface area contributed by atoms with E-state index in [1.165, 1.54) is 0 Å². The lowest BCUT2D eigenvalue weighted by Gasteiger charge is -2.22. The SMILES string of the molecule is COc1nc(C(=O)N(C)CC2(CO)CC2)cc2ccccc12. The van der Waals surface area contributed by atoms with Crippen LogP contribution in [0.1, 0.15) is 23.3 Å². The molecule has 116 valence electrons. The van der Waals surface area contributed by atoms with Crippen LogP contribution in [-0.4, -0.2) is 48.2 Å². The van der Waals surface area contributed by atoms with E-state index in [1.807, 2.05) is 24.3 Å². The smallest absolute Gasteiger partial charge is 0.272 e. The van der Waals surface area contributed by atoms with Crippen molar-refractivity contribution in [2.75, 3.05) is 27.3 Å². The zero-order valence-corrected chi connectivity index (χ0v) is 12.9. The fourth-order valence-electron chi connectivity index (χ4n) is 2.75. The Morgan fingerprint density at radius 3 is 2.77 bits per heavy atom. The summed E-state index contributed by atoms with van der Waals surface area (Å²) >= 11 is 0. The summed E-state index contributed by atoms with van der Waals surface area (Å²) in [6, 6.07) is 9.48. The number of fused-ring (bicyclic) bond motifs is 1. The maximum absolute atomic E-state index is 12.6. The van der Waals surface area contributed by atoms with Crippen LogP contribution in [0.25, 0.3) is 10.8 Å². The second-order valence-corrected chi connectivity index (χ2v) is 6.06. The summed E-state index contributed by atoms with van der Waals surface area (Å²) in [7, 11) is 3.30. The van der Waals surface area contributed by atoms with E-state index in [1.54, 1.807) is 25.1 Å². The highest BCUT2D eigenvalue weighted by Gasteiger charge is 2.43. The Labute approximate surface area is 129 Å². The fourth-order valence-corrected chi connectivity index (χ4v) is 2.75. The Bertz CT molecular complexity index is 710. The second kappa shape index (κ2) is 5.57. The minimum Gasteiger partial charge on any atom is -0.481 e. The molecule has 1 aromatic heterocycles. The summed E-state index contributed by atoms with van der Waals surface area (Å²) in [6.45, 7) is 0.679. The van der Waals surface area contributed by atoms with Gasteiger partial charge in [0.15, 0.2) is 0 Å². The van der Waals surface area contributed by atoms with Crippen LogP contribution in [0.5, 0.6) is 5.88 Å². The first-order valence-electron chi connectivity index (χ1n) is 7.39. The number of aliphatic hydroxyl groups excluding tert-OH is 1. The van der Waals surface area contributed by atoms with Crippen molar-refractivity contribution in [3.8, 4) is 5.88 Å². The van der Waals surface area contributed by atoms with E-state index in [2.05, 4.69) is 4.98 Å². The van der Waals surface area contributed by atoms with Crippen molar-refractivity contribution < 1.29 is 14.6 Å². The van der Waals surface area contributed by atoms with E-state index in [4.69, 9.17) is 4.74 Å². The van der Waals surface area contributed by atoms with Gasteiger partial charge in [-0.05, 0) is 30.4 Å². The molecule has 1 aromatic carbocycles. The molecule has 5 heteroatoms. The predicted molar refractivity (Wildman–Crippen MR) is 84.0 cm³/mol. The molecule has 1 fully saturated rings. The molecule has 0 bridgehead atoms. The van der Waals surface area contributed by atoms with E-state index < -0.39 is 0 Å². The van der Waals surface area contributed by atoms with E-state index >= 15 is 0 Å². The molecule has 0 radical (unpaired) electrons. The maximum Gasteiger partial charge on any atom is 0.272 e. The van der Waals surface area contributed by atoms with Gasteiger partial charge in [-0.2, -0.15) is 0 Å². The number of carbonyl (C=O) groups is 1. The van der Waals surface area contributed by atoms with E-state index in [0.29, 0.717) is 18.1 Å². The van der Waals surface area contributed by atoms with Gasteiger partial charge in [0.05, 0.1) is 13.7 Å². The zero-order chi connectivity index (χ0) is 15.7. The zero-order valence-electron chi connectivity index (χ0n) is 12.9. The topological polar surface area (TPSA) is 62.7 Å². The first-order chi connectivity index (χ1) is 10.6. The third kappa shape index (κ3) is 2.64. The monoisotopic (exact) mass is 300 g/mol. The molecule has 0 atom stereocenters. The van der Waals surface area contributed by atoms with Gasteiger partial charge in [0, 0.05) is 24.4 Å². The largest absolute Gasteiger partial charge is 0.481 e. The summed E-state index contributed by atoms with van der Waals surface area (Å²) in [6.07, 6.45) is 1.94. The van der Waals surface area contributed by atoms with E-state index in [-0.39, 0.29) is 17.9 Å². The third-order valence-corrected chi connectivity index (χ3v) is 4.33. The van der Waals surface area contributed by atoms with Crippen molar-refractivity contribution in [2.45, 2.75) is 12.8 Å². The number of pyridine rings is 1. The second-order valence-electron chi connectivity index (χ2n) is 6.06. The lowest BCUT2D eigenvalue weighted by molar-refractivity contribution is 0.0727. The summed E-state index contributed by atoms with van der Waals surface area (Å²) < 4.78 is 5.31.